The van der Waals surface area contributed by atoms with Gasteiger partial charge in [-0.3, -0.25) is 9.59 Å². The summed E-state index contributed by atoms with van der Waals surface area (Å²) in [5.74, 6) is -1.36. The maximum absolute atomic E-state index is 13.8. The van der Waals surface area contributed by atoms with Crippen molar-refractivity contribution in [3.8, 4) is 11.5 Å². The van der Waals surface area contributed by atoms with Gasteiger partial charge in [-0.1, -0.05) is 0 Å². The predicted octanol–water partition coefficient (Wildman–Crippen LogP) is 2.58. The first-order valence-corrected chi connectivity index (χ1v) is 8.69. The number of rotatable bonds is 4. The topological polar surface area (TPSA) is 59.1 Å². The van der Waals surface area contributed by atoms with E-state index in [1.807, 2.05) is 0 Å². The molecule has 0 unspecified atom stereocenters. The van der Waals surface area contributed by atoms with E-state index in [0.717, 1.165) is 12.1 Å². The molecule has 1 saturated heterocycles. The highest BCUT2D eigenvalue weighted by atomic mass is 19.1. The van der Waals surface area contributed by atoms with Crippen LogP contribution in [-0.2, 0) is 0 Å². The zero-order valence-corrected chi connectivity index (χ0v) is 15.6. The largest absolute Gasteiger partial charge is 0.497 e. The van der Waals surface area contributed by atoms with Crippen molar-refractivity contribution in [1.29, 1.82) is 0 Å². The first-order valence-electron chi connectivity index (χ1n) is 8.69. The maximum Gasteiger partial charge on any atom is 0.256 e. The quantitative estimate of drug-likeness (QED) is 0.805. The lowest BCUT2D eigenvalue weighted by molar-refractivity contribution is 0.0532. The molecule has 0 spiro atoms. The summed E-state index contributed by atoms with van der Waals surface area (Å²) in [5, 5.41) is 0. The van der Waals surface area contributed by atoms with Crippen LogP contribution in [0.5, 0.6) is 11.5 Å². The van der Waals surface area contributed by atoms with Gasteiger partial charge in [-0.15, -0.1) is 0 Å². The number of carbonyl (C=O) groups is 2. The Labute approximate surface area is 161 Å². The molecule has 28 heavy (non-hydrogen) atoms. The van der Waals surface area contributed by atoms with Gasteiger partial charge in [-0.2, -0.15) is 0 Å². The normalized spacial score (nSPS) is 14.0. The Morgan fingerprint density at radius 3 is 1.86 bits per heavy atom. The molecule has 0 N–H and O–H groups in total. The number of piperazine rings is 1. The van der Waals surface area contributed by atoms with E-state index >= 15 is 0 Å². The second-order valence-electron chi connectivity index (χ2n) is 6.31. The van der Waals surface area contributed by atoms with Gasteiger partial charge in [-0.05, 0) is 24.3 Å². The van der Waals surface area contributed by atoms with E-state index in [1.165, 1.54) is 19.1 Å². The molecule has 3 rings (SSSR count). The molecule has 6 nitrogen and oxygen atoms in total. The Morgan fingerprint density at radius 1 is 0.821 bits per heavy atom. The van der Waals surface area contributed by atoms with Crippen molar-refractivity contribution >= 4 is 11.8 Å². The molecule has 0 aliphatic carbocycles. The van der Waals surface area contributed by atoms with Crippen molar-refractivity contribution in [1.82, 2.24) is 9.80 Å². The molecule has 0 atom stereocenters. The van der Waals surface area contributed by atoms with E-state index in [2.05, 4.69) is 0 Å². The monoisotopic (exact) mass is 390 g/mol. The van der Waals surface area contributed by atoms with E-state index in [-0.39, 0.29) is 24.6 Å². The molecule has 0 aromatic heterocycles. The van der Waals surface area contributed by atoms with Crippen molar-refractivity contribution in [2.75, 3.05) is 40.4 Å². The number of carbonyl (C=O) groups excluding carboxylic acids is 2. The van der Waals surface area contributed by atoms with Crippen molar-refractivity contribution in [3.05, 3.63) is 59.2 Å². The van der Waals surface area contributed by atoms with Crippen LogP contribution in [0.15, 0.2) is 36.4 Å². The van der Waals surface area contributed by atoms with Crippen molar-refractivity contribution in [2.45, 2.75) is 0 Å². The lowest BCUT2D eigenvalue weighted by Crippen LogP contribution is -2.50. The number of nitrogens with zero attached hydrogens (tertiary/aromatic N) is 2. The van der Waals surface area contributed by atoms with Crippen molar-refractivity contribution in [3.63, 3.8) is 0 Å². The summed E-state index contributed by atoms with van der Waals surface area (Å²) >= 11 is 0. The molecular weight excluding hydrogens is 370 g/mol. The third-order valence-corrected chi connectivity index (χ3v) is 4.61. The Kier molecular flexibility index (Phi) is 5.77. The third kappa shape index (κ3) is 4.05. The second kappa shape index (κ2) is 8.24. The molecule has 1 fully saturated rings. The zero-order valence-electron chi connectivity index (χ0n) is 15.6. The highest BCUT2D eigenvalue weighted by Crippen LogP contribution is 2.24. The van der Waals surface area contributed by atoms with E-state index in [0.29, 0.717) is 36.2 Å². The number of methoxy groups -OCH3 is 2. The van der Waals surface area contributed by atoms with Crippen LogP contribution < -0.4 is 9.47 Å². The lowest BCUT2D eigenvalue weighted by atomic mass is 10.1. The van der Waals surface area contributed by atoms with Gasteiger partial charge in [0.2, 0.25) is 0 Å². The summed E-state index contributed by atoms with van der Waals surface area (Å²) in [7, 11) is 3.00. The van der Waals surface area contributed by atoms with Crippen LogP contribution in [0.3, 0.4) is 0 Å². The Bertz CT molecular complexity index is 874. The molecule has 2 aromatic rings. The fourth-order valence-electron chi connectivity index (χ4n) is 3.06. The fourth-order valence-corrected chi connectivity index (χ4v) is 3.06. The van der Waals surface area contributed by atoms with Gasteiger partial charge in [0.25, 0.3) is 11.8 Å². The average Bonchev–Trinajstić information content (AvgIpc) is 2.72. The minimum absolute atomic E-state index is 0.182. The van der Waals surface area contributed by atoms with E-state index < -0.39 is 17.5 Å². The standard InChI is InChI=1S/C20H20F2N2O4/c1-27-15-9-13(10-16(12-15)28-2)19(25)23-5-7-24(8-6-23)20(26)17-4-3-14(21)11-18(17)22/h3-4,9-12H,5-8H2,1-2H3. The Balaban J connectivity index is 1.68. The molecule has 1 heterocycles. The molecule has 0 saturated carbocycles. The van der Waals surface area contributed by atoms with Crippen LogP contribution in [0.2, 0.25) is 0 Å². The van der Waals surface area contributed by atoms with Gasteiger partial charge in [-0.25, -0.2) is 8.78 Å². The van der Waals surface area contributed by atoms with Crippen LogP contribution in [-0.4, -0.2) is 62.0 Å². The molecule has 2 aromatic carbocycles. The van der Waals surface area contributed by atoms with E-state index in [9.17, 15) is 18.4 Å². The lowest BCUT2D eigenvalue weighted by Gasteiger charge is -2.35. The van der Waals surface area contributed by atoms with Crippen LogP contribution in [0.4, 0.5) is 8.78 Å². The fraction of sp³-hybridized carbons (Fsp3) is 0.300. The third-order valence-electron chi connectivity index (χ3n) is 4.61. The SMILES string of the molecule is COc1cc(OC)cc(C(=O)N2CCN(C(=O)c3ccc(F)cc3F)CC2)c1. The minimum atomic E-state index is -0.896. The van der Waals surface area contributed by atoms with Crippen molar-refractivity contribution in [2.24, 2.45) is 0 Å². The number of ether oxygens (including phenoxy) is 2. The molecule has 0 bridgehead atoms. The second-order valence-corrected chi connectivity index (χ2v) is 6.31. The molecule has 2 amide bonds. The summed E-state index contributed by atoms with van der Waals surface area (Å²) in [6.07, 6.45) is 0. The van der Waals surface area contributed by atoms with Crippen molar-refractivity contribution < 1.29 is 27.8 Å². The van der Waals surface area contributed by atoms with Gasteiger partial charge in [0.05, 0.1) is 19.8 Å². The molecule has 8 heteroatoms. The highest BCUT2D eigenvalue weighted by molar-refractivity contribution is 5.96. The Morgan fingerprint density at radius 2 is 1.36 bits per heavy atom. The molecule has 1 aliphatic rings. The molecule has 0 radical (unpaired) electrons. The summed E-state index contributed by atoms with van der Waals surface area (Å²) < 4.78 is 37.3. The first kappa shape index (κ1) is 19.6. The smallest absolute Gasteiger partial charge is 0.256 e. The van der Waals surface area contributed by atoms with Gasteiger partial charge >= 0.3 is 0 Å². The number of amides is 2. The number of hydrogen-bond donors (Lipinski definition) is 0. The van der Waals surface area contributed by atoms with Gasteiger partial charge in [0, 0.05) is 43.9 Å². The van der Waals surface area contributed by atoms with Crippen LogP contribution >= 0.6 is 0 Å². The summed E-state index contributed by atoms with van der Waals surface area (Å²) in [5.41, 5.74) is 0.235. The molecule has 1 aliphatic heterocycles. The molecular formula is C20H20F2N2O4. The summed E-state index contributed by atoms with van der Waals surface area (Å²) in [6.45, 7) is 1.10. The predicted molar refractivity (Wildman–Crippen MR) is 97.7 cm³/mol. The summed E-state index contributed by atoms with van der Waals surface area (Å²) in [6, 6.07) is 7.78. The van der Waals surface area contributed by atoms with Crippen LogP contribution in [0.1, 0.15) is 20.7 Å². The zero-order chi connectivity index (χ0) is 20.3. The number of hydrogen-bond acceptors (Lipinski definition) is 4. The molecule has 148 valence electrons. The number of halogens is 2. The van der Waals surface area contributed by atoms with Crippen LogP contribution in [0, 0.1) is 11.6 Å². The van der Waals surface area contributed by atoms with Gasteiger partial charge < -0.3 is 19.3 Å². The minimum Gasteiger partial charge on any atom is -0.497 e. The average molecular weight is 390 g/mol. The van der Waals surface area contributed by atoms with E-state index in [4.69, 9.17) is 9.47 Å². The Hall–Kier alpha value is -3.16. The van der Waals surface area contributed by atoms with Gasteiger partial charge in [0.15, 0.2) is 0 Å². The highest BCUT2D eigenvalue weighted by Gasteiger charge is 2.27. The summed E-state index contributed by atoms with van der Waals surface area (Å²) in [4.78, 5) is 28.3. The van der Waals surface area contributed by atoms with E-state index in [1.54, 1.807) is 23.1 Å². The van der Waals surface area contributed by atoms with Crippen LogP contribution in [0.25, 0.3) is 0 Å². The first-order chi connectivity index (χ1) is 13.4. The maximum atomic E-state index is 13.8. The van der Waals surface area contributed by atoms with Gasteiger partial charge in [0.1, 0.15) is 23.1 Å². The number of benzene rings is 2.